The van der Waals surface area contributed by atoms with Crippen molar-refractivity contribution in [1.82, 2.24) is 10.2 Å². The van der Waals surface area contributed by atoms with E-state index in [1.165, 1.54) is 5.56 Å². The fraction of sp³-hybridized carbons (Fsp3) is 0.435. The lowest BCUT2D eigenvalue weighted by Crippen LogP contribution is -2.38. The van der Waals surface area contributed by atoms with Crippen LogP contribution in [0.15, 0.2) is 48.5 Å². The number of benzene rings is 2. The summed E-state index contributed by atoms with van der Waals surface area (Å²) in [5.41, 5.74) is 2.25. The second-order valence-corrected chi connectivity index (χ2v) is 6.67. The van der Waals surface area contributed by atoms with E-state index in [1.54, 1.807) is 14.2 Å². The van der Waals surface area contributed by atoms with Crippen LogP contribution in [0, 0.1) is 0 Å². The molecule has 152 valence electrons. The summed E-state index contributed by atoms with van der Waals surface area (Å²) < 4.78 is 10.6. The predicted molar refractivity (Wildman–Crippen MR) is 113 cm³/mol. The molecule has 2 aromatic carbocycles. The Morgan fingerprint density at radius 3 is 2.14 bits per heavy atom. The lowest BCUT2D eigenvalue weighted by molar-refractivity contribution is -0.121. The highest BCUT2D eigenvalue weighted by atomic mass is 16.5. The number of likely N-dealkylation sites (N-methyl/N-ethyl adjacent to an activating group) is 1. The van der Waals surface area contributed by atoms with Crippen LogP contribution < -0.4 is 14.8 Å². The van der Waals surface area contributed by atoms with Crippen molar-refractivity contribution in [3.05, 3.63) is 59.7 Å². The van der Waals surface area contributed by atoms with E-state index in [1.807, 2.05) is 36.4 Å². The molecular weight excluding hydrogens is 352 g/mol. The largest absolute Gasteiger partial charge is 0.497 e. The standard InChI is InChI=1S/C23H32N2O3/c1-5-25(6-2)22(19-10-8-7-9-11-19)17-24-23(26)13-12-18-14-20(27-3)16-21(15-18)28-4/h7-11,14-16,22H,5-6,12-13,17H2,1-4H3,(H,24,26). The number of nitrogens with zero attached hydrogens (tertiary/aromatic N) is 1. The third kappa shape index (κ3) is 6.27. The van der Waals surface area contributed by atoms with Gasteiger partial charge in [-0.2, -0.15) is 0 Å². The summed E-state index contributed by atoms with van der Waals surface area (Å²) in [7, 11) is 3.25. The number of ether oxygens (including phenoxy) is 2. The Kier molecular flexibility index (Phi) is 8.82. The van der Waals surface area contributed by atoms with Crippen LogP contribution >= 0.6 is 0 Å². The van der Waals surface area contributed by atoms with Gasteiger partial charge in [0.05, 0.1) is 20.3 Å². The molecule has 2 aromatic rings. The summed E-state index contributed by atoms with van der Waals surface area (Å²) in [6, 6.07) is 16.2. The minimum atomic E-state index is 0.0508. The van der Waals surface area contributed by atoms with Gasteiger partial charge >= 0.3 is 0 Å². The van der Waals surface area contributed by atoms with Crippen LogP contribution in [0.1, 0.15) is 37.4 Å². The number of carbonyl (C=O) groups excluding carboxylic acids is 1. The quantitative estimate of drug-likeness (QED) is 0.640. The molecule has 28 heavy (non-hydrogen) atoms. The van der Waals surface area contributed by atoms with Gasteiger partial charge in [-0.05, 0) is 42.8 Å². The van der Waals surface area contributed by atoms with Crippen molar-refractivity contribution in [3.8, 4) is 11.5 Å². The Balaban J connectivity index is 1.96. The molecule has 0 aliphatic heterocycles. The van der Waals surface area contributed by atoms with E-state index >= 15 is 0 Å². The number of methoxy groups -OCH3 is 2. The van der Waals surface area contributed by atoms with E-state index in [0.29, 0.717) is 19.4 Å². The first kappa shape index (κ1) is 21.8. The molecule has 5 nitrogen and oxygen atoms in total. The maximum Gasteiger partial charge on any atom is 0.220 e. The van der Waals surface area contributed by atoms with E-state index in [2.05, 4.69) is 36.2 Å². The van der Waals surface area contributed by atoms with Crippen molar-refractivity contribution < 1.29 is 14.3 Å². The van der Waals surface area contributed by atoms with E-state index in [9.17, 15) is 4.79 Å². The lowest BCUT2D eigenvalue weighted by Gasteiger charge is -2.30. The molecule has 0 heterocycles. The zero-order valence-electron chi connectivity index (χ0n) is 17.4. The topological polar surface area (TPSA) is 50.8 Å². The van der Waals surface area contributed by atoms with Crippen LogP contribution in [0.4, 0.5) is 0 Å². The second-order valence-electron chi connectivity index (χ2n) is 6.67. The van der Waals surface area contributed by atoms with Crippen molar-refractivity contribution in [2.45, 2.75) is 32.7 Å². The van der Waals surface area contributed by atoms with Gasteiger partial charge in [0, 0.05) is 19.0 Å². The van der Waals surface area contributed by atoms with E-state index in [0.717, 1.165) is 30.2 Å². The van der Waals surface area contributed by atoms with Crippen molar-refractivity contribution in [3.63, 3.8) is 0 Å². The highest BCUT2D eigenvalue weighted by Gasteiger charge is 2.18. The molecule has 1 unspecified atom stereocenters. The third-order valence-corrected chi connectivity index (χ3v) is 4.98. The minimum Gasteiger partial charge on any atom is -0.497 e. The Hall–Kier alpha value is -2.53. The molecule has 0 bridgehead atoms. The molecule has 1 amide bonds. The Morgan fingerprint density at radius 1 is 1.00 bits per heavy atom. The summed E-state index contributed by atoms with van der Waals surface area (Å²) in [5, 5.41) is 3.11. The summed E-state index contributed by atoms with van der Waals surface area (Å²) in [4.78, 5) is 14.8. The zero-order chi connectivity index (χ0) is 20.4. The highest BCUT2D eigenvalue weighted by Crippen LogP contribution is 2.23. The molecule has 0 fully saturated rings. The molecule has 0 aromatic heterocycles. The van der Waals surface area contributed by atoms with Gasteiger partial charge in [0.15, 0.2) is 0 Å². The molecule has 0 spiro atoms. The molecule has 0 aliphatic rings. The van der Waals surface area contributed by atoms with Gasteiger partial charge in [-0.15, -0.1) is 0 Å². The number of hydrogen-bond acceptors (Lipinski definition) is 4. The third-order valence-electron chi connectivity index (χ3n) is 4.98. The van der Waals surface area contributed by atoms with Crippen LogP contribution in [-0.4, -0.2) is 44.7 Å². The highest BCUT2D eigenvalue weighted by molar-refractivity contribution is 5.76. The number of hydrogen-bond donors (Lipinski definition) is 1. The molecule has 5 heteroatoms. The van der Waals surface area contributed by atoms with Gasteiger partial charge in [0.25, 0.3) is 0 Å². The number of aryl methyl sites for hydroxylation is 1. The van der Waals surface area contributed by atoms with E-state index in [-0.39, 0.29) is 11.9 Å². The fourth-order valence-electron chi connectivity index (χ4n) is 3.36. The fourth-order valence-corrected chi connectivity index (χ4v) is 3.36. The summed E-state index contributed by atoms with van der Waals surface area (Å²) >= 11 is 0. The van der Waals surface area contributed by atoms with Crippen molar-refractivity contribution in [2.75, 3.05) is 33.9 Å². The SMILES string of the molecule is CCN(CC)C(CNC(=O)CCc1cc(OC)cc(OC)c1)c1ccccc1. The van der Waals surface area contributed by atoms with E-state index in [4.69, 9.17) is 9.47 Å². The van der Waals surface area contributed by atoms with Gasteiger partial charge in [-0.1, -0.05) is 44.2 Å². The monoisotopic (exact) mass is 384 g/mol. The average molecular weight is 385 g/mol. The minimum absolute atomic E-state index is 0.0508. The van der Waals surface area contributed by atoms with Crippen molar-refractivity contribution in [1.29, 1.82) is 0 Å². The normalized spacial score (nSPS) is 11.9. The molecule has 0 radical (unpaired) electrons. The molecule has 0 saturated heterocycles. The predicted octanol–water partition coefficient (Wildman–Crippen LogP) is 3.84. The maximum absolute atomic E-state index is 12.5. The molecule has 2 rings (SSSR count). The average Bonchev–Trinajstić information content (AvgIpc) is 2.75. The number of rotatable bonds is 11. The van der Waals surface area contributed by atoms with Crippen LogP contribution in [0.2, 0.25) is 0 Å². The Bertz CT molecular complexity index is 708. The lowest BCUT2D eigenvalue weighted by atomic mass is 10.0. The van der Waals surface area contributed by atoms with Crippen molar-refractivity contribution >= 4 is 5.91 Å². The van der Waals surface area contributed by atoms with Gasteiger partial charge in [-0.3, -0.25) is 9.69 Å². The second kappa shape index (κ2) is 11.3. The summed E-state index contributed by atoms with van der Waals surface area (Å²) in [6.07, 6.45) is 1.07. The Labute approximate surface area is 168 Å². The van der Waals surface area contributed by atoms with Gasteiger partial charge < -0.3 is 14.8 Å². The molecule has 0 aliphatic carbocycles. The van der Waals surface area contributed by atoms with Crippen molar-refractivity contribution in [2.24, 2.45) is 0 Å². The van der Waals surface area contributed by atoms with Gasteiger partial charge in [0.1, 0.15) is 11.5 Å². The zero-order valence-corrected chi connectivity index (χ0v) is 17.4. The first-order chi connectivity index (χ1) is 13.6. The number of carbonyl (C=O) groups is 1. The van der Waals surface area contributed by atoms with Crippen LogP contribution in [0.3, 0.4) is 0 Å². The Morgan fingerprint density at radius 2 is 1.61 bits per heavy atom. The van der Waals surface area contributed by atoms with E-state index < -0.39 is 0 Å². The number of nitrogens with one attached hydrogen (secondary N) is 1. The maximum atomic E-state index is 12.5. The van der Waals surface area contributed by atoms with Crippen LogP contribution in [-0.2, 0) is 11.2 Å². The summed E-state index contributed by atoms with van der Waals surface area (Å²) in [5.74, 6) is 1.52. The number of amides is 1. The smallest absolute Gasteiger partial charge is 0.220 e. The molecule has 1 N–H and O–H groups in total. The molecular formula is C23H32N2O3. The first-order valence-corrected chi connectivity index (χ1v) is 9.88. The van der Waals surface area contributed by atoms with Gasteiger partial charge in [-0.25, -0.2) is 0 Å². The van der Waals surface area contributed by atoms with Crippen LogP contribution in [0.5, 0.6) is 11.5 Å². The summed E-state index contributed by atoms with van der Waals surface area (Å²) in [6.45, 7) is 6.78. The first-order valence-electron chi connectivity index (χ1n) is 9.88. The van der Waals surface area contributed by atoms with Gasteiger partial charge in [0.2, 0.25) is 5.91 Å². The van der Waals surface area contributed by atoms with Crippen LogP contribution in [0.25, 0.3) is 0 Å². The molecule has 1 atom stereocenters. The molecule has 0 saturated carbocycles.